The van der Waals surface area contributed by atoms with Crippen LogP contribution in [0.2, 0.25) is 0 Å². The minimum atomic E-state index is 0.224. The molecule has 62 valence electrons. The van der Waals surface area contributed by atoms with E-state index in [1.807, 2.05) is 12.1 Å². The van der Waals surface area contributed by atoms with Crippen molar-refractivity contribution >= 4 is 0 Å². The maximum absolute atomic E-state index is 8.48. The lowest BCUT2D eigenvalue weighted by atomic mass is 9.98. The first-order valence-corrected chi connectivity index (χ1v) is 3.96. The largest absolute Gasteiger partial charge is 0.381 e. The Kier molecular flexibility index (Phi) is 3.32. The second-order valence-electron chi connectivity index (χ2n) is 2.75. The molecule has 3 nitrogen and oxygen atoms in total. The number of allylic oxidation sites excluding steroid dienone is 2. The number of rotatable bonds is 1. The predicted octanol–water partition coefficient (Wildman–Crippen LogP) is 1.39. The lowest BCUT2D eigenvalue weighted by Gasteiger charge is -2.18. The number of nitrogens with zero attached hydrogens (tertiary/aromatic N) is 2. The van der Waals surface area contributed by atoms with Crippen LogP contribution < -0.4 is 0 Å². The normalized spacial score (nSPS) is 17.5. The summed E-state index contributed by atoms with van der Waals surface area (Å²) in [5.74, 6) is 0.355. The molecule has 1 aliphatic rings. The molecule has 1 aliphatic heterocycles. The highest BCUT2D eigenvalue weighted by Gasteiger charge is 2.11. The zero-order chi connectivity index (χ0) is 8.81. The summed E-state index contributed by atoms with van der Waals surface area (Å²) >= 11 is 0. The highest BCUT2D eigenvalue weighted by molar-refractivity contribution is 5.35. The van der Waals surface area contributed by atoms with Gasteiger partial charge in [-0.25, -0.2) is 0 Å². The highest BCUT2D eigenvalue weighted by Crippen LogP contribution is 2.17. The number of hydrogen-bond donors (Lipinski definition) is 0. The molecule has 0 spiro atoms. The average molecular weight is 162 g/mol. The molecule has 0 aliphatic carbocycles. The number of ether oxygens (including phenoxy) is 1. The van der Waals surface area contributed by atoms with Crippen molar-refractivity contribution in [1.82, 2.24) is 0 Å². The molecule has 0 bridgehead atoms. The zero-order valence-corrected chi connectivity index (χ0v) is 6.79. The van der Waals surface area contributed by atoms with Crippen molar-refractivity contribution in [3.8, 4) is 12.1 Å². The van der Waals surface area contributed by atoms with E-state index in [1.54, 1.807) is 6.08 Å². The molecule has 12 heavy (non-hydrogen) atoms. The fourth-order valence-electron chi connectivity index (χ4n) is 1.22. The fourth-order valence-corrected chi connectivity index (χ4v) is 1.22. The summed E-state index contributed by atoms with van der Waals surface area (Å²) < 4.78 is 5.15. The SMILES string of the molecule is N#CC(C#N)=CC1CCOCC1. The van der Waals surface area contributed by atoms with Crippen molar-refractivity contribution in [3.05, 3.63) is 11.6 Å². The van der Waals surface area contributed by atoms with Gasteiger partial charge in [0.05, 0.1) is 0 Å². The quantitative estimate of drug-likeness (QED) is 0.547. The molecular formula is C9H10N2O. The lowest BCUT2D eigenvalue weighted by molar-refractivity contribution is 0.0785. The van der Waals surface area contributed by atoms with E-state index in [0.717, 1.165) is 26.1 Å². The van der Waals surface area contributed by atoms with Gasteiger partial charge in [-0.1, -0.05) is 6.08 Å². The molecule has 0 saturated carbocycles. The Balaban J connectivity index is 2.54. The van der Waals surface area contributed by atoms with Crippen LogP contribution in [0.25, 0.3) is 0 Å². The molecular weight excluding hydrogens is 152 g/mol. The molecule has 0 radical (unpaired) electrons. The predicted molar refractivity (Wildman–Crippen MR) is 42.9 cm³/mol. The molecule has 0 aromatic heterocycles. The Morgan fingerprint density at radius 2 is 1.83 bits per heavy atom. The molecule has 0 atom stereocenters. The van der Waals surface area contributed by atoms with Gasteiger partial charge in [-0.05, 0) is 18.8 Å². The second kappa shape index (κ2) is 4.54. The van der Waals surface area contributed by atoms with E-state index in [1.165, 1.54) is 0 Å². The van der Waals surface area contributed by atoms with Gasteiger partial charge in [-0.3, -0.25) is 0 Å². The van der Waals surface area contributed by atoms with Crippen LogP contribution in [-0.2, 0) is 4.74 Å². The van der Waals surface area contributed by atoms with Crippen LogP contribution in [0.5, 0.6) is 0 Å². The van der Waals surface area contributed by atoms with Crippen molar-refractivity contribution in [2.24, 2.45) is 5.92 Å². The maximum atomic E-state index is 8.48. The standard InChI is InChI=1S/C9H10N2O/c10-6-9(7-11)5-8-1-3-12-4-2-8/h5,8H,1-4H2. The molecule has 3 heteroatoms. The Hall–Kier alpha value is -1.32. The van der Waals surface area contributed by atoms with Gasteiger partial charge in [0.25, 0.3) is 0 Å². The minimum Gasteiger partial charge on any atom is -0.381 e. The maximum Gasteiger partial charge on any atom is 0.125 e. The van der Waals surface area contributed by atoms with E-state index in [2.05, 4.69) is 0 Å². The zero-order valence-electron chi connectivity index (χ0n) is 6.79. The number of nitriles is 2. The molecule has 1 rings (SSSR count). The van der Waals surface area contributed by atoms with Gasteiger partial charge >= 0.3 is 0 Å². The molecule has 1 heterocycles. The van der Waals surface area contributed by atoms with Crippen molar-refractivity contribution < 1.29 is 4.74 Å². The molecule has 1 saturated heterocycles. The second-order valence-corrected chi connectivity index (χ2v) is 2.75. The van der Waals surface area contributed by atoms with E-state index < -0.39 is 0 Å². The van der Waals surface area contributed by atoms with Crippen molar-refractivity contribution in [3.63, 3.8) is 0 Å². The van der Waals surface area contributed by atoms with Crippen LogP contribution in [0.4, 0.5) is 0 Å². The molecule has 0 aromatic carbocycles. The molecule has 0 N–H and O–H groups in total. The summed E-state index contributed by atoms with van der Waals surface area (Å²) in [5.41, 5.74) is 0.224. The summed E-state index contributed by atoms with van der Waals surface area (Å²) in [7, 11) is 0. The van der Waals surface area contributed by atoms with Crippen LogP contribution >= 0.6 is 0 Å². The van der Waals surface area contributed by atoms with Crippen LogP contribution in [0, 0.1) is 28.6 Å². The first-order chi connectivity index (χ1) is 5.86. The Bertz CT molecular complexity index is 235. The van der Waals surface area contributed by atoms with Gasteiger partial charge in [0.1, 0.15) is 17.7 Å². The van der Waals surface area contributed by atoms with E-state index in [9.17, 15) is 0 Å². The summed E-state index contributed by atoms with van der Waals surface area (Å²) in [5, 5.41) is 17.0. The highest BCUT2D eigenvalue weighted by atomic mass is 16.5. The van der Waals surface area contributed by atoms with E-state index in [-0.39, 0.29) is 5.57 Å². The van der Waals surface area contributed by atoms with Gasteiger partial charge < -0.3 is 4.74 Å². The molecule has 0 aromatic rings. The third kappa shape index (κ3) is 2.38. The van der Waals surface area contributed by atoms with Crippen LogP contribution in [0.3, 0.4) is 0 Å². The van der Waals surface area contributed by atoms with E-state index >= 15 is 0 Å². The van der Waals surface area contributed by atoms with Crippen LogP contribution in [0.1, 0.15) is 12.8 Å². The smallest absolute Gasteiger partial charge is 0.125 e. The first-order valence-electron chi connectivity index (χ1n) is 3.96. The van der Waals surface area contributed by atoms with Gasteiger partial charge in [0, 0.05) is 13.2 Å². The Morgan fingerprint density at radius 3 is 2.33 bits per heavy atom. The Labute approximate surface area is 71.9 Å². The number of hydrogen-bond acceptors (Lipinski definition) is 3. The van der Waals surface area contributed by atoms with Crippen LogP contribution in [-0.4, -0.2) is 13.2 Å². The monoisotopic (exact) mass is 162 g/mol. The summed E-state index contributed by atoms with van der Waals surface area (Å²) in [4.78, 5) is 0. The fraction of sp³-hybridized carbons (Fsp3) is 0.556. The topological polar surface area (TPSA) is 56.8 Å². The van der Waals surface area contributed by atoms with E-state index in [4.69, 9.17) is 15.3 Å². The summed E-state index contributed by atoms with van der Waals surface area (Å²) in [6.45, 7) is 1.48. The van der Waals surface area contributed by atoms with Crippen molar-refractivity contribution in [2.75, 3.05) is 13.2 Å². The molecule has 0 amide bonds. The Morgan fingerprint density at radius 1 is 1.25 bits per heavy atom. The molecule has 0 unspecified atom stereocenters. The third-order valence-corrected chi connectivity index (χ3v) is 1.91. The van der Waals surface area contributed by atoms with Gasteiger partial charge in [0.15, 0.2) is 0 Å². The van der Waals surface area contributed by atoms with Gasteiger partial charge in [-0.2, -0.15) is 10.5 Å². The third-order valence-electron chi connectivity index (χ3n) is 1.91. The van der Waals surface area contributed by atoms with E-state index in [0.29, 0.717) is 5.92 Å². The van der Waals surface area contributed by atoms with Crippen molar-refractivity contribution in [2.45, 2.75) is 12.8 Å². The average Bonchev–Trinajstić information content (AvgIpc) is 2.16. The lowest BCUT2D eigenvalue weighted by Crippen LogP contribution is -2.13. The summed E-state index contributed by atoms with van der Waals surface area (Å²) in [6.07, 6.45) is 3.60. The van der Waals surface area contributed by atoms with Gasteiger partial charge in [-0.15, -0.1) is 0 Å². The van der Waals surface area contributed by atoms with Gasteiger partial charge in [0.2, 0.25) is 0 Å². The first kappa shape index (κ1) is 8.77. The minimum absolute atomic E-state index is 0.224. The summed E-state index contributed by atoms with van der Waals surface area (Å²) in [6, 6.07) is 3.72. The van der Waals surface area contributed by atoms with Crippen LogP contribution in [0.15, 0.2) is 11.6 Å². The molecule has 1 fully saturated rings. The van der Waals surface area contributed by atoms with Crippen molar-refractivity contribution in [1.29, 1.82) is 10.5 Å².